The smallest absolute Gasteiger partial charge is 0.404 e. The van der Waals surface area contributed by atoms with Crippen LogP contribution in [0.15, 0.2) is 30.3 Å². The number of hydrogen-bond donors (Lipinski definition) is 0. The third-order valence-corrected chi connectivity index (χ3v) is 3.97. The van der Waals surface area contributed by atoms with Crippen molar-refractivity contribution >= 4 is 22.0 Å². The lowest BCUT2D eigenvalue weighted by Gasteiger charge is -2.18. The maximum Gasteiger partial charge on any atom is 0.534 e. The molecule has 1 rings (SSSR count). The van der Waals surface area contributed by atoms with Crippen LogP contribution in [0.2, 0.25) is 0 Å². The Balaban J connectivity index is 3.04. The molecule has 12 heteroatoms. The molecule has 0 saturated heterocycles. The van der Waals surface area contributed by atoms with Gasteiger partial charge in [0, 0.05) is 18.7 Å². The van der Waals surface area contributed by atoms with Crippen LogP contribution in [-0.2, 0) is 14.9 Å². The van der Waals surface area contributed by atoms with Crippen molar-refractivity contribution < 1.29 is 44.1 Å². The monoisotopic (exact) mass is 403 g/mol. The van der Waals surface area contributed by atoms with E-state index in [1.807, 2.05) is 0 Å². The minimum Gasteiger partial charge on any atom is -0.404 e. The van der Waals surface area contributed by atoms with Crippen LogP contribution in [0.4, 0.5) is 26.7 Å². The van der Waals surface area contributed by atoms with Crippen LogP contribution < -0.4 is 4.18 Å². The summed E-state index contributed by atoms with van der Waals surface area (Å²) in [6.07, 6.45) is -3.39. The molecule has 6 nitrogen and oxygen atoms in total. The second kappa shape index (κ2) is 8.34. The van der Waals surface area contributed by atoms with E-state index < -0.39 is 39.3 Å². The molecule has 0 N–H and O–H groups in total. The van der Waals surface area contributed by atoms with E-state index in [9.17, 15) is 35.2 Å². The standard InChI is InChI=1S/C14H14F5NO5S/c1-3-20(4-2)13(21)24-11(12(15)16)9-5-7-10(8-6-9)25-26(22,23)14(17,18)19/h5-8H,3-4H2,1-2H3. The van der Waals surface area contributed by atoms with Crippen LogP contribution in [0.25, 0.3) is 5.76 Å². The van der Waals surface area contributed by atoms with Gasteiger partial charge in [0.25, 0.3) is 0 Å². The van der Waals surface area contributed by atoms with Crippen molar-refractivity contribution in [2.24, 2.45) is 0 Å². The fourth-order valence-electron chi connectivity index (χ4n) is 1.68. The zero-order valence-electron chi connectivity index (χ0n) is 13.5. The lowest BCUT2D eigenvalue weighted by atomic mass is 10.2. The van der Waals surface area contributed by atoms with Gasteiger partial charge in [-0.1, -0.05) is 0 Å². The molecule has 26 heavy (non-hydrogen) atoms. The number of halogens is 5. The van der Waals surface area contributed by atoms with E-state index in [1.165, 1.54) is 0 Å². The average molecular weight is 403 g/mol. The Bertz CT molecular complexity index is 766. The van der Waals surface area contributed by atoms with Gasteiger partial charge in [0.2, 0.25) is 5.76 Å². The predicted octanol–water partition coefficient (Wildman–Crippen LogP) is 3.96. The molecule has 0 aromatic heterocycles. The highest BCUT2D eigenvalue weighted by Gasteiger charge is 2.48. The summed E-state index contributed by atoms with van der Waals surface area (Å²) in [7, 11) is -5.89. The Morgan fingerprint density at radius 3 is 1.96 bits per heavy atom. The van der Waals surface area contributed by atoms with E-state index in [4.69, 9.17) is 0 Å². The number of alkyl halides is 3. The summed E-state index contributed by atoms with van der Waals surface area (Å²) in [4.78, 5) is 12.9. The lowest BCUT2D eigenvalue weighted by Crippen LogP contribution is -2.30. The first-order valence-electron chi connectivity index (χ1n) is 7.06. The van der Waals surface area contributed by atoms with Gasteiger partial charge in [-0.2, -0.15) is 30.4 Å². The van der Waals surface area contributed by atoms with Crippen LogP contribution in [-0.4, -0.2) is 38.0 Å². The van der Waals surface area contributed by atoms with Crippen molar-refractivity contribution in [1.82, 2.24) is 4.90 Å². The first-order valence-corrected chi connectivity index (χ1v) is 8.47. The number of ether oxygens (including phenoxy) is 1. The summed E-state index contributed by atoms with van der Waals surface area (Å²) in [5, 5.41) is 0. The fraction of sp³-hybridized carbons (Fsp3) is 0.357. The molecule has 0 aliphatic heterocycles. The van der Waals surface area contributed by atoms with Crippen LogP contribution in [0.1, 0.15) is 19.4 Å². The topological polar surface area (TPSA) is 72.9 Å². The first-order chi connectivity index (χ1) is 11.9. The summed E-state index contributed by atoms with van der Waals surface area (Å²) >= 11 is 0. The molecule has 0 saturated carbocycles. The quantitative estimate of drug-likeness (QED) is 0.311. The molecule has 0 fully saturated rings. The van der Waals surface area contributed by atoms with Gasteiger partial charge < -0.3 is 13.8 Å². The molecular weight excluding hydrogens is 389 g/mol. The third kappa shape index (κ3) is 5.31. The lowest BCUT2D eigenvalue weighted by molar-refractivity contribution is -0.0500. The molecule has 1 aromatic rings. The Morgan fingerprint density at radius 1 is 1.08 bits per heavy atom. The SMILES string of the molecule is CCN(CC)C(=O)OC(=C(F)F)c1ccc(OS(=O)(=O)C(F)(F)F)cc1. The van der Waals surface area contributed by atoms with Gasteiger partial charge >= 0.3 is 27.8 Å². The van der Waals surface area contributed by atoms with Gasteiger partial charge in [-0.25, -0.2) is 4.79 Å². The zero-order valence-corrected chi connectivity index (χ0v) is 14.3. The van der Waals surface area contributed by atoms with Gasteiger partial charge in [-0.15, -0.1) is 0 Å². The van der Waals surface area contributed by atoms with Gasteiger partial charge in [0.15, 0.2) is 0 Å². The minimum atomic E-state index is -5.89. The average Bonchev–Trinajstić information content (AvgIpc) is 2.53. The normalized spacial score (nSPS) is 11.7. The maximum atomic E-state index is 13.1. The summed E-state index contributed by atoms with van der Waals surface area (Å²) < 4.78 is 93.0. The minimum absolute atomic E-state index is 0.207. The van der Waals surface area contributed by atoms with E-state index >= 15 is 0 Å². The molecule has 0 radical (unpaired) electrons. The predicted molar refractivity (Wildman–Crippen MR) is 80.6 cm³/mol. The molecule has 0 bridgehead atoms. The summed E-state index contributed by atoms with van der Waals surface area (Å²) in [5.74, 6) is -1.85. The van der Waals surface area contributed by atoms with Crippen molar-refractivity contribution in [3.8, 4) is 5.75 Å². The molecule has 0 unspecified atom stereocenters. The van der Waals surface area contributed by atoms with E-state index in [0.717, 1.165) is 17.0 Å². The van der Waals surface area contributed by atoms with E-state index in [0.29, 0.717) is 12.1 Å². The molecule has 0 spiro atoms. The first kappa shape index (κ1) is 21.7. The van der Waals surface area contributed by atoms with Crippen molar-refractivity contribution in [3.05, 3.63) is 35.9 Å². The highest BCUT2D eigenvalue weighted by molar-refractivity contribution is 7.88. The number of benzene rings is 1. The summed E-state index contributed by atoms with van der Waals surface area (Å²) in [6.45, 7) is 3.62. The highest BCUT2D eigenvalue weighted by Crippen LogP contribution is 2.29. The highest BCUT2D eigenvalue weighted by atomic mass is 32.2. The molecule has 1 amide bonds. The second-order valence-corrected chi connectivity index (χ2v) is 6.18. The second-order valence-electron chi connectivity index (χ2n) is 4.64. The number of rotatable bonds is 6. The van der Waals surface area contributed by atoms with Crippen molar-refractivity contribution in [2.45, 2.75) is 19.4 Å². The van der Waals surface area contributed by atoms with Gasteiger partial charge in [-0.3, -0.25) is 0 Å². The summed E-state index contributed by atoms with van der Waals surface area (Å²) in [6, 6.07) is 3.08. The number of carbonyl (C=O) groups excluding carboxylic acids is 1. The summed E-state index contributed by atoms with van der Waals surface area (Å²) in [5.41, 5.74) is -6.00. The van der Waals surface area contributed by atoms with Crippen molar-refractivity contribution in [2.75, 3.05) is 13.1 Å². The largest absolute Gasteiger partial charge is 0.534 e. The number of hydrogen-bond acceptors (Lipinski definition) is 5. The number of nitrogens with zero attached hydrogens (tertiary/aromatic N) is 1. The molecule has 0 aliphatic rings. The van der Waals surface area contributed by atoms with Gasteiger partial charge in [0.05, 0.1) is 0 Å². The Kier molecular flexibility index (Phi) is 6.95. The number of amides is 1. The van der Waals surface area contributed by atoms with E-state index in [1.54, 1.807) is 13.8 Å². The van der Waals surface area contributed by atoms with Crippen molar-refractivity contribution in [3.63, 3.8) is 0 Å². The Labute approximate surface area is 145 Å². The van der Waals surface area contributed by atoms with Crippen LogP contribution in [0.5, 0.6) is 5.75 Å². The van der Waals surface area contributed by atoms with Crippen molar-refractivity contribution in [1.29, 1.82) is 0 Å². The van der Waals surface area contributed by atoms with Crippen LogP contribution in [0.3, 0.4) is 0 Å². The molecule has 0 aliphatic carbocycles. The molecule has 0 heterocycles. The molecular formula is C14H14F5NO5S. The zero-order chi connectivity index (χ0) is 20.1. The third-order valence-electron chi connectivity index (χ3n) is 2.99. The van der Waals surface area contributed by atoms with E-state index in [-0.39, 0.29) is 18.7 Å². The molecule has 1 aromatic carbocycles. The fourth-order valence-corrected chi connectivity index (χ4v) is 2.14. The Morgan fingerprint density at radius 2 is 1.58 bits per heavy atom. The van der Waals surface area contributed by atoms with Crippen LogP contribution >= 0.6 is 0 Å². The Hall–Kier alpha value is -2.37. The number of carbonyl (C=O) groups is 1. The molecule has 146 valence electrons. The van der Waals surface area contributed by atoms with Crippen LogP contribution in [0, 0.1) is 0 Å². The molecule has 0 atom stereocenters. The van der Waals surface area contributed by atoms with Gasteiger partial charge in [0.1, 0.15) is 5.75 Å². The maximum absolute atomic E-state index is 13.1. The van der Waals surface area contributed by atoms with E-state index in [2.05, 4.69) is 8.92 Å². The van der Waals surface area contributed by atoms with Gasteiger partial charge in [-0.05, 0) is 38.1 Å².